The van der Waals surface area contributed by atoms with Crippen LogP contribution in [0.3, 0.4) is 0 Å². The summed E-state index contributed by atoms with van der Waals surface area (Å²) in [5.74, 6) is 13.7. The molecule has 6 rings (SSSR count). The van der Waals surface area contributed by atoms with Crippen LogP contribution in [-0.4, -0.2) is 57.2 Å². The molecule has 2 unspecified atom stereocenters. The Morgan fingerprint density at radius 2 is 0.938 bits per heavy atom. The third-order valence-corrected chi connectivity index (χ3v) is 14.6. The highest BCUT2D eigenvalue weighted by atomic mass is 32.2. The van der Waals surface area contributed by atoms with E-state index in [0.29, 0.717) is 33.2 Å². The molecule has 0 fully saturated rings. The van der Waals surface area contributed by atoms with Crippen LogP contribution < -0.4 is 31.0 Å². The van der Waals surface area contributed by atoms with Crippen molar-refractivity contribution in [3.63, 3.8) is 0 Å². The molecule has 0 aliphatic heterocycles. The van der Waals surface area contributed by atoms with E-state index in [2.05, 4.69) is 33.6 Å². The van der Waals surface area contributed by atoms with Crippen molar-refractivity contribution in [2.24, 2.45) is 0 Å². The smallest absolute Gasteiger partial charge is 0.279 e. The minimum Gasteiger partial charge on any atom is -0.497 e. The van der Waals surface area contributed by atoms with E-state index in [9.17, 15) is 22.7 Å². The first-order valence-electron chi connectivity index (χ1n) is 20.1. The lowest BCUT2D eigenvalue weighted by Crippen LogP contribution is -2.23. The fourth-order valence-corrected chi connectivity index (χ4v) is 10.3. The van der Waals surface area contributed by atoms with Crippen molar-refractivity contribution in [1.82, 2.24) is 9.97 Å². The van der Waals surface area contributed by atoms with E-state index in [0.717, 1.165) is 34.3 Å². The average Bonchev–Trinajstić information content (AvgIpc) is 3.30. The molecule has 2 heterocycles. The predicted octanol–water partition coefficient (Wildman–Crippen LogP) is 7.10. The summed E-state index contributed by atoms with van der Waals surface area (Å²) < 4.78 is 77.7. The molecule has 12 nitrogen and oxygen atoms in total. The normalized spacial score (nSPS) is 12.8. The van der Waals surface area contributed by atoms with Gasteiger partial charge in [0.15, 0.2) is 0 Å². The number of aryl methyl sites for hydroxylation is 2. The number of hydrogen-bond donors (Lipinski definition) is 1. The Morgan fingerprint density at radius 3 is 1.30 bits per heavy atom. The van der Waals surface area contributed by atoms with Crippen molar-refractivity contribution < 1.29 is 45.4 Å². The maximum atomic E-state index is 14.1. The number of aliphatic hydroxyl groups is 1. The van der Waals surface area contributed by atoms with Gasteiger partial charge in [-0.3, -0.25) is 13.3 Å². The molecule has 0 aliphatic rings. The summed E-state index contributed by atoms with van der Waals surface area (Å²) in [7, 11) is -7.49. The quantitative estimate of drug-likeness (QED) is 0.0672. The zero-order chi connectivity index (χ0) is 46.3. The molecular weight excluding hydrogens is 871 g/mol. The van der Waals surface area contributed by atoms with Gasteiger partial charge in [-0.25, -0.2) is 9.97 Å². The van der Waals surface area contributed by atoms with E-state index in [1.165, 1.54) is 0 Å². The molecule has 0 bridgehead atoms. The number of hydrogen-bond acceptors (Lipinski definition) is 12. The maximum Gasteiger partial charge on any atom is 0.279 e. The highest BCUT2D eigenvalue weighted by molar-refractivity contribution is 7.85. The lowest BCUT2D eigenvalue weighted by Gasteiger charge is -2.19. The monoisotopic (exact) mass is 920 g/mol. The first-order valence-corrected chi connectivity index (χ1v) is 25.1. The first-order chi connectivity index (χ1) is 30.6. The molecule has 15 heteroatoms. The predicted molar refractivity (Wildman–Crippen MR) is 251 cm³/mol. The molecule has 4 aromatic carbocycles. The number of ether oxygens (including phenoxy) is 2. The lowest BCUT2D eigenvalue weighted by atomic mass is 10.2. The number of aromatic nitrogens is 2. The van der Waals surface area contributed by atoms with E-state index in [4.69, 9.17) is 22.7 Å². The van der Waals surface area contributed by atoms with Gasteiger partial charge in [-0.2, -0.15) is 8.42 Å². The van der Waals surface area contributed by atoms with Gasteiger partial charge in [0.25, 0.3) is 24.9 Å². The van der Waals surface area contributed by atoms with Gasteiger partial charge < -0.3 is 23.6 Å². The van der Waals surface area contributed by atoms with Crippen molar-refractivity contribution in [1.29, 1.82) is 0 Å². The summed E-state index contributed by atoms with van der Waals surface area (Å²) in [5.41, 5.74) is 5.85. The fourth-order valence-electron chi connectivity index (χ4n) is 5.94. The second-order valence-electron chi connectivity index (χ2n) is 14.1. The number of rotatable bonds is 14. The van der Waals surface area contributed by atoms with E-state index in [-0.39, 0.29) is 43.0 Å². The van der Waals surface area contributed by atoms with Crippen molar-refractivity contribution in [3.8, 4) is 35.2 Å². The lowest BCUT2D eigenvalue weighted by molar-refractivity contribution is 0.277. The molecule has 0 amide bonds. The van der Waals surface area contributed by atoms with Crippen LogP contribution in [0.2, 0.25) is 0 Å². The number of benzene rings is 4. The third kappa shape index (κ3) is 13.6. The zero-order valence-electron chi connectivity index (χ0n) is 36.7. The van der Waals surface area contributed by atoms with Gasteiger partial charge in [0, 0.05) is 32.9 Å². The van der Waals surface area contributed by atoms with Crippen molar-refractivity contribution in [2.75, 3.05) is 33.7 Å². The van der Waals surface area contributed by atoms with E-state index in [1.807, 2.05) is 74.5 Å². The van der Waals surface area contributed by atoms with Gasteiger partial charge in [0.1, 0.15) is 29.0 Å². The Morgan fingerprint density at radius 1 is 0.562 bits per heavy atom. The van der Waals surface area contributed by atoms with E-state index in [1.54, 1.807) is 88.7 Å². The van der Waals surface area contributed by atoms with Gasteiger partial charge in [0.2, 0.25) is 0 Å². The van der Waals surface area contributed by atoms with Crippen LogP contribution in [0.4, 0.5) is 0 Å². The van der Waals surface area contributed by atoms with Gasteiger partial charge in [0.05, 0.1) is 51.7 Å². The maximum absolute atomic E-state index is 14.1. The number of pyridine rings is 2. The summed E-state index contributed by atoms with van der Waals surface area (Å²) in [6, 6.07) is 35.8. The Hall–Kier alpha value is -5.85. The highest BCUT2D eigenvalue weighted by Gasteiger charge is 2.32. The zero-order valence-corrected chi connectivity index (χ0v) is 39.3. The SMILES string of the molecule is CCOP(=O)(c1ccc(C)cc1)c1cc(C#Cc2ccc(OC)cc2)cc(CO)n1.CCOP(=O)(c1ccc(C)cc1)c1cc(C#Cc2ccc(OC)cc2)cc(COS(C)(=O)=O)n1. The Labute approximate surface area is 376 Å². The standard InChI is InChI=1S/C25H26NO6PS.C24H24NO4P/c1-5-31-33(27,24-14-6-19(2)7-15-24)25-17-21(16-22(26-25)18-32-34(4,28)29)9-8-20-10-12-23(30-3)13-11-20;1-4-29-30(27,23-13-5-18(2)6-14-23)24-16-20(15-21(17-26)25-24)8-7-19-9-11-22(28-3)12-10-19/h6-7,10-17H,5,18H2,1-4H3;5-6,9-16,26H,4,17H2,1-3H3. The largest absolute Gasteiger partial charge is 0.497 e. The molecule has 0 saturated carbocycles. The van der Waals surface area contributed by atoms with Crippen molar-refractivity contribution in [3.05, 3.63) is 166 Å². The van der Waals surface area contributed by atoms with Crippen LogP contribution in [0.15, 0.2) is 121 Å². The molecular formula is C49H50N2O10P2S. The summed E-state index contributed by atoms with van der Waals surface area (Å²) in [5, 5.41) is 10.7. The molecule has 64 heavy (non-hydrogen) atoms. The molecule has 6 aromatic rings. The highest BCUT2D eigenvalue weighted by Crippen LogP contribution is 2.45. The van der Waals surface area contributed by atoms with Gasteiger partial charge in [-0.05, 0) is 125 Å². The van der Waals surface area contributed by atoms with Crippen LogP contribution >= 0.6 is 14.7 Å². The molecule has 0 saturated heterocycles. The molecule has 0 radical (unpaired) electrons. The Kier molecular flexibility index (Phi) is 17.4. The Bertz CT molecular complexity index is 2870. The average molecular weight is 921 g/mol. The third-order valence-electron chi connectivity index (χ3n) is 9.17. The van der Waals surface area contributed by atoms with Gasteiger partial charge in [-0.1, -0.05) is 59.1 Å². The topological polar surface area (TPSA) is 160 Å². The molecule has 0 spiro atoms. The van der Waals surface area contributed by atoms with Gasteiger partial charge >= 0.3 is 0 Å². The second-order valence-corrected chi connectivity index (χ2v) is 20.4. The van der Waals surface area contributed by atoms with Crippen LogP contribution in [0.5, 0.6) is 11.5 Å². The first kappa shape index (κ1) is 49.2. The van der Waals surface area contributed by atoms with Crippen molar-refractivity contribution >= 4 is 46.3 Å². The number of methoxy groups -OCH3 is 2. The summed E-state index contributed by atoms with van der Waals surface area (Å²) in [6.45, 7) is 7.31. The summed E-state index contributed by atoms with van der Waals surface area (Å²) >= 11 is 0. The van der Waals surface area contributed by atoms with Crippen LogP contribution in [0.1, 0.15) is 58.6 Å². The van der Waals surface area contributed by atoms with Crippen LogP contribution in [0.25, 0.3) is 0 Å². The molecule has 332 valence electrons. The minimum atomic E-state index is -3.70. The molecule has 0 aliphatic carbocycles. The minimum absolute atomic E-state index is 0.173. The Balaban J connectivity index is 0.000000243. The fraction of sp³-hybridized carbons (Fsp3) is 0.224. The molecule has 1 N–H and O–H groups in total. The summed E-state index contributed by atoms with van der Waals surface area (Å²) in [6.07, 6.45) is 0.957. The number of nitrogens with zero attached hydrogens (tertiary/aromatic N) is 2. The molecule has 2 aromatic heterocycles. The van der Waals surface area contributed by atoms with E-state index < -0.39 is 24.9 Å². The van der Waals surface area contributed by atoms with Crippen LogP contribution in [0, 0.1) is 37.5 Å². The molecule has 2 atom stereocenters. The number of aliphatic hydroxyl groups excluding tert-OH is 1. The summed E-state index contributed by atoms with van der Waals surface area (Å²) in [4.78, 5) is 8.84. The van der Waals surface area contributed by atoms with Gasteiger partial charge in [-0.15, -0.1) is 0 Å². The van der Waals surface area contributed by atoms with E-state index >= 15 is 0 Å². The van der Waals surface area contributed by atoms with Crippen LogP contribution in [-0.2, 0) is 45.7 Å². The second kappa shape index (κ2) is 22.7. The van der Waals surface area contributed by atoms with Crippen molar-refractivity contribution in [2.45, 2.75) is 40.9 Å².